The monoisotopic (exact) mass is 1050 g/mol. The molecule has 0 saturated heterocycles. The van der Waals surface area contributed by atoms with E-state index in [1.807, 2.05) is 5.32 Å². The molecule has 4 atom stereocenters. The number of aliphatic hydroxyl groups excluding tert-OH is 4. The van der Waals surface area contributed by atoms with Gasteiger partial charge < -0.3 is 111 Å². The predicted molar refractivity (Wildman–Crippen MR) is 236 cm³/mol. The van der Waals surface area contributed by atoms with Gasteiger partial charge in [0.05, 0.1) is 105 Å². The highest BCUT2D eigenvalue weighted by Gasteiger charge is 2.25. The molecule has 0 rings (SSSR count). The van der Waals surface area contributed by atoms with Gasteiger partial charge in [0.15, 0.2) is 0 Å². The summed E-state index contributed by atoms with van der Waals surface area (Å²) in [7, 11) is 0. The van der Waals surface area contributed by atoms with Gasteiger partial charge in [-0.2, -0.15) is 0 Å². The molecule has 0 unspecified atom stereocenters. The number of carbonyl (C=O) groups is 16. The van der Waals surface area contributed by atoms with Crippen LogP contribution in [-0.4, -0.2) is 249 Å². The summed E-state index contributed by atoms with van der Waals surface area (Å²) in [5.74, 6) is -15.6. The molecule has 408 valence electrons. The second-order valence-electron chi connectivity index (χ2n) is 14.1. The first-order chi connectivity index (χ1) is 34.5. The Morgan fingerprint density at radius 3 is 0.644 bits per heavy atom. The van der Waals surface area contributed by atoms with E-state index in [2.05, 4.69) is 74.4 Å². The van der Waals surface area contributed by atoms with Crippen LogP contribution in [0.15, 0.2) is 0 Å². The maximum Gasteiger partial charge on any atom is 0.328 e. The number of carboxylic acid groups (broad SMARTS) is 1. The van der Waals surface area contributed by atoms with E-state index in [1.165, 1.54) is 0 Å². The quantitative estimate of drug-likeness (QED) is 0.0280. The Balaban J connectivity index is 4.48. The zero-order chi connectivity index (χ0) is 55.5. The summed E-state index contributed by atoms with van der Waals surface area (Å²) >= 11 is 0. The smallest absolute Gasteiger partial charge is 0.328 e. The Hall–Kier alpha value is -8.68. The van der Waals surface area contributed by atoms with E-state index < -0.39 is 217 Å². The summed E-state index contributed by atoms with van der Waals surface area (Å²) in [6.07, 6.45) is 0. The third-order valence-electron chi connectivity index (χ3n) is 8.34. The molecular weight excluding hydrogens is 992 g/mol. The van der Waals surface area contributed by atoms with E-state index in [1.54, 1.807) is 0 Å². The van der Waals surface area contributed by atoms with Crippen molar-refractivity contribution in [2.24, 2.45) is 5.73 Å². The highest BCUT2D eigenvalue weighted by Crippen LogP contribution is 1.88. The maximum absolute atomic E-state index is 12.4. The molecule has 0 saturated carbocycles. The van der Waals surface area contributed by atoms with Crippen LogP contribution in [0.2, 0.25) is 0 Å². The van der Waals surface area contributed by atoms with Crippen LogP contribution >= 0.6 is 0 Å². The topological polar surface area (TPSA) is 581 Å². The number of rotatable bonds is 35. The molecule has 0 aliphatic heterocycles. The lowest BCUT2D eigenvalue weighted by Gasteiger charge is -2.17. The van der Waals surface area contributed by atoms with Crippen LogP contribution < -0.4 is 85.5 Å². The first-order valence-electron chi connectivity index (χ1n) is 21.0. The molecule has 37 nitrogen and oxygen atoms in total. The number of hydrogen-bond donors (Lipinski definition) is 21. The van der Waals surface area contributed by atoms with Gasteiger partial charge in [0.2, 0.25) is 88.6 Å². The fourth-order valence-electron chi connectivity index (χ4n) is 4.56. The zero-order valence-electron chi connectivity index (χ0n) is 38.5. The summed E-state index contributed by atoms with van der Waals surface area (Å²) in [5, 5.41) is 77.3. The van der Waals surface area contributed by atoms with E-state index in [-0.39, 0.29) is 6.54 Å². The van der Waals surface area contributed by atoms with Gasteiger partial charge in [-0.15, -0.1) is 0 Å². The van der Waals surface area contributed by atoms with Crippen molar-refractivity contribution in [2.45, 2.75) is 24.2 Å². The number of carboxylic acids is 1. The molecule has 0 fully saturated rings. The molecule has 37 heteroatoms. The van der Waals surface area contributed by atoms with Gasteiger partial charge in [-0.1, -0.05) is 0 Å². The summed E-state index contributed by atoms with van der Waals surface area (Å²) in [5.41, 5.74) is 5.08. The van der Waals surface area contributed by atoms with E-state index in [0.717, 1.165) is 0 Å². The molecule has 22 N–H and O–H groups in total. The Labute approximate surface area is 411 Å². The summed E-state index contributed by atoms with van der Waals surface area (Å²) < 4.78 is 0. The van der Waals surface area contributed by atoms with Crippen LogP contribution in [0.25, 0.3) is 0 Å². The summed E-state index contributed by atoms with van der Waals surface area (Å²) in [6.45, 7) is -11.9. The Kier molecular flexibility index (Phi) is 32.0. The van der Waals surface area contributed by atoms with E-state index in [4.69, 9.17) is 15.9 Å². The molecule has 73 heavy (non-hydrogen) atoms. The lowest BCUT2D eigenvalue weighted by molar-refractivity contribution is -0.143. The van der Waals surface area contributed by atoms with E-state index in [0.29, 0.717) is 0 Å². The van der Waals surface area contributed by atoms with E-state index in [9.17, 15) is 92.0 Å². The molecule has 0 aliphatic rings. The minimum absolute atomic E-state index is 0.369. The highest BCUT2D eigenvalue weighted by atomic mass is 16.4. The highest BCUT2D eigenvalue weighted by molar-refractivity contribution is 5.97. The lowest BCUT2D eigenvalue weighted by Crippen LogP contribution is -2.54. The average Bonchev–Trinajstić information content (AvgIpc) is 3.37. The van der Waals surface area contributed by atoms with Crippen LogP contribution in [0.5, 0.6) is 0 Å². The molecule has 0 aromatic carbocycles. The van der Waals surface area contributed by atoms with Gasteiger partial charge in [0.1, 0.15) is 24.2 Å². The fourth-order valence-corrected chi connectivity index (χ4v) is 4.56. The largest absolute Gasteiger partial charge is 0.480 e. The van der Waals surface area contributed by atoms with Gasteiger partial charge in [-0.05, 0) is 0 Å². The van der Waals surface area contributed by atoms with Crippen molar-refractivity contribution in [2.75, 3.05) is 105 Å². The second kappa shape index (κ2) is 36.3. The van der Waals surface area contributed by atoms with Crippen LogP contribution in [0.1, 0.15) is 0 Å². The Bertz CT molecular complexity index is 2020. The van der Waals surface area contributed by atoms with E-state index >= 15 is 0 Å². The summed E-state index contributed by atoms with van der Waals surface area (Å²) in [4.78, 5) is 191. The molecule has 0 spiro atoms. The minimum Gasteiger partial charge on any atom is -0.480 e. The number of hydrogen-bond acceptors (Lipinski definition) is 21. The fraction of sp³-hybridized carbons (Fsp3) is 0.556. The van der Waals surface area contributed by atoms with Crippen LogP contribution in [0, 0.1) is 0 Å². The number of nitrogens with two attached hydrogens (primary N) is 1. The molecule has 15 amide bonds. The second-order valence-corrected chi connectivity index (χ2v) is 14.1. The molecular formula is C36H58N16O21. The average molecular weight is 1050 g/mol. The van der Waals surface area contributed by atoms with Gasteiger partial charge in [-0.3, -0.25) is 71.9 Å². The van der Waals surface area contributed by atoms with Crippen LogP contribution in [-0.2, 0) is 76.7 Å². The molecule has 0 heterocycles. The minimum atomic E-state index is -1.64. The van der Waals surface area contributed by atoms with Crippen molar-refractivity contribution < 1.29 is 102 Å². The SMILES string of the molecule is NCC(=O)NCC(=O)NCC(=O)N[C@@H](CO)C(=O)NCC(=O)NCC(=O)NCC(=O)N[C@@H](CO)C(=O)NCC(=O)NCC(=O)NCC(=O)N[C@@H](CO)C(=O)NCC(=O)NCC(=O)NCC(=O)N[C@@H](CO)C(=O)O. The molecule has 0 aliphatic carbocycles. The molecule has 0 bridgehead atoms. The Morgan fingerprint density at radius 1 is 0.274 bits per heavy atom. The van der Waals surface area contributed by atoms with Crippen molar-refractivity contribution >= 4 is 94.6 Å². The summed E-state index contributed by atoms with van der Waals surface area (Å²) in [6, 6.07) is -6.43. The number of carbonyl (C=O) groups excluding carboxylic acids is 15. The zero-order valence-corrected chi connectivity index (χ0v) is 38.5. The van der Waals surface area contributed by atoms with Crippen molar-refractivity contribution in [1.82, 2.24) is 79.8 Å². The van der Waals surface area contributed by atoms with Crippen molar-refractivity contribution in [3.05, 3.63) is 0 Å². The number of aliphatic carboxylic acids is 1. The number of nitrogens with one attached hydrogen (secondary N) is 15. The third-order valence-corrected chi connectivity index (χ3v) is 8.34. The first-order valence-corrected chi connectivity index (χ1v) is 21.0. The predicted octanol–water partition coefficient (Wildman–Crippen LogP) is -16.8. The van der Waals surface area contributed by atoms with Gasteiger partial charge in [-0.25, -0.2) is 4.79 Å². The molecule has 0 radical (unpaired) electrons. The molecule has 0 aromatic heterocycles. The molecule has 0 aromatic rings. The van der Waals surface area contributed by atoms with Gasteiger partial charge >= 0.3 is 5.97 Å². The van der Waals surface area contributed by atoms with Crippen molar-refractivity contribution in [3.63, 3.8) is 0 Å². The maximum atomic E-state index is 12.4. The third kappa shape index (κ3) is 30.5. The van der Waals surface area contributed by atoms with Crippen molar-refractivity contribution in [1.29, 1.82) is 0 Å². The number of amides is 15. The first kappa shape index (κ1) is 64.3. The lowest BCUT2D eigenvalue weighted by atomic mass is 10.2. The van der Waals surface area contributed by atoms with Gasteiger partial charge in [0.25, 0.3) is 0 Å². The van der Waals surface area contributed by atoms with Crippen molar-refractivity contribution in [3.8, 4) is 0 Å². The van der Waals surface area contributed by atoms with Crippen LogP contribution in [0.3, 0.4) is 0 Å². The normalized spacial score (nSPS) is 11.8. The Morgan fingerprint density at radius 2 is 0.452 bits per heavy atom. The van der Waals surface area contributed by atoms with Gasteiger partial charge in [0, 0.05) is 0 Å². The number of aliphatic hydroxyl groups is 4. The standard InChI is InChI=1S/C36H58N16O21/c37-1-21(57)38-2-22(58)42-9-29(65)49-17(13-53)33(69)46-6-26(62)39-3-23(59)43-10-30(66)50-18(14-54)34(70)47-7-27(63)40-4-24(60)44-11-31(67)51-19(15-55)35(71)48-8-28(64)41-5-25(61)45-12-32(68)52-20(16-56)36(72)73/h17-20,53-56H,1-16,37H2,(H,38,57)(H,39,62)(H,40,63)(H,41,64)(H,42,58)(H,43,59)(H,44,60)(H,45,61)(H,46,69)(H,47,70)(H,48,71)(H,49,65)(H,50,66)(H,51,67)(H,52,68)(H,72,73)/t17-,18-,19-,20-/m0/s1. The van der Waals surface area contributed by atoms with Crippen LogP contribution in [0.4, 0.5) is 0 Å².